The Morgan fingerprint density at radius 1 is 0.786 bits per heavy atom. The van der Waals surface area contributed by atoms with E-state index in [9.17, 15) is 29.7 Å². The first-order valence-electron chi connectivity index (χ1n) is 8.60. The molecular formula is C20H22N2O6. The first-order chi connectivity index (χ1) is 13.2. The summed E-state index contributed by atoms with van der Waals surface area (Å²) in [5, 5.41) is 33.1. The van der Waals surface area contributed by atoms with Crippen molar-refractivity contribution in [1.82, 2.24) is 10.6 Å². The minimum atomic E-state index is -1.22. The highest BCUT2D eigenvalue weighted by atomic mass is 16.4. The molecule has 0 aliphatic heterocycles. The highest BCUT2D eigenvalue weighted by Gasteiger charge is 2.26. The van der Waals surface area contributed by atoms with Gasteiger partial charge < -0.3 is 26.0 Å². The summed E-state index contributed by atoms with van der Waals surface area (Å²) in [5.74, 6) is -2.14. The van der Waals surface area contributed by atoms with Gasteiger partial charge in [0.15, 0.2) is 0 Å². The Labute approximate surface area is 161 Å². The van der Waals surface area contributed by atoms with E-state index in [1.165, 1.54) is 31.2 Å². The molecule has 8 heteroatoms. The molecule has 0 aliphatic rings. The largest absolute Gasteiger partial charge is 0.508 e. The van der Waals surface area contributed by atoms with E-state index in [0.29, 0.717) is 11.1 Å². The average Bonchev–Trinajstić information content (AvgIpc) is 2.63. The molecule has 8 nitrogen and oxygen atoms in total. The maximum atomic E-state index is 12.6. The van der Waals surface area contributed by atoms with Gasteiger partial charge in [0.2, 0.25) is 11.8 Å². The highest BCUT2D eigenvalue weighted by Crippen LogP contribution is 2.13. The van der Waals surface area contributed by atoms with Gasteiger partial charge in [-0.2, -0.15) is 0 Å². The molecular weight excluding hydrogens is 364 g/mol. The smallest absolute Gasteiger partial charge is 0.326 e. The molecule has 0 fully saturated rings. The molecule has 2 aromatic carbocycles. The van der Waals surface area contributed by atoms with Crippen LogP contribution >= 0.6 is 0 Å². The van der Waals surface area contributed by atoms with E-state index in [4.69, 9.17) is 0 Å². The second-order valence-electron chi connectivity index (χ2n) is 6.39. The Kier molecular flexibility index (Phi) is 6.97. The van der Waals surface area contributed by atoms with E-state index in [-0.39, 0.29) is 24.3 Å². The van der Waals surface area contributed by atoms with Gasteiger partial charge in [0, 0.05) is 19.8 Å². The summed E-state index contributed by atoms with van der Waals surface area (Å²) in [4.78, 5) is 35.7. The first-order valence-corrected chi connectivity index (χ1v) is 8.60. The summed E-state index contributed by atoms with van der Waals surface area (Å²) in [5.41, 5.74) is 1.32. The lowest BCUT2D eigenvalue weighted by Gasteiger charge is -2.21. The van der Waals surface area contributed by atoms with Gasteiger partial charge in [0.1, 0.15) is 23.6 Å². The number of aromatic hydroxyl groups is 2. The average molecular weight is 386 g/mol. The van der Waals surface area contributed by atoms with Crippen LogP contribution in [0.25, 0.3) is 0 Å². The number of hydrogen-bond donors (Lipinski definition) is 5. The van der Waals surface area contributed by atoms with Crippen molar-refractivity contribution in [2.75, 3.05) is 0 Å². The third-order valence-electron chi connectivity index (χ3n) is 4.06. The van der Waals surface area contributed by atoms with Crippen LogP contribution in [-0.2, 0) is 27.2 Å². The lowest BCUT2D eigenvalue weighted by Crippen LogP contribution is -2.52. The van der Waals surface area contributed by atoms with Crippen LogP contribution in [-0.4, -0.2) is 45.2 Å². The van der Waals surface area contributed by atoms with Gasteiger partial charge in [0.25, 0.3) is 0 Å². The summed E-state index contributed by atoms with van der Waals surface area (Å²) >= 11 is 0. The molecule has 2 atom stereocenters. The fourth-order valence-electron chi connectivity index (χ4n) is 2.66. The van der Waals surface area contributed by atoms with Crippen molar-refractivity contribution in [2.24, 2.45) is 0 Å². The van der Waals surface area contributed by atoms with E-state index < -0.39 is 29.9 Å². The number of carbonyl (C=O) groups is 3. The third-order valence-corrected chi connectivity index (χ3v) is 4.06. The van der Waals surface area contributed by atoms with Crippen molar-refractivity contribution in [2.45, 2.75) is 31.8 Å². The zero-order valence-electron chi connectivity index (χ0n) is 15.3. The summed E-state index contributed by atoms with van der Waals surface area (Å²) in [6.07, 6.45) is 0.157. The summed E-state index contributed by atoms with van der Waals surface area (Å²) in [6, 6.07) is 9.98. The Bertz CT molecular complexity index is 833. The van der Waals surface area contributed by atoms with Crippen LogP contribution < -0.4 is 10.6 Å². The lowest BCUT2D eigenvalue weighted by atomic mass is 10.0. The highest BCUT2D eigenvalue weighted by molar-refractivity contribution is 5.90. The van der Waals surface area contributed by atoms with Gasteiger partial charge in [0.05, 0.1) is 0 Å². The molecule has 0 aromatic heterocycles. The standard InChI is InChI=1S/C20H22N2O6/c1-12(23)21-17(10-13-2-6-15(24)7-3-13)19(26)22-18(20(27)28)11-14-4-8-16(25)9-5-14/h2-9,17-18,24-25H,10-11H2,1H3,(H,21,23)(H,22,26)(H,27,28)/t17-,18-/m1/s1. The van der Waals surface area contributed by atoms with Crippen molar-refractivity contribution in [3.8, 4) is 11.5 Å². The van der Waals surface area contributed by atoms with Crippen molar-refractivity contribution in [3.05, 3.63) is 59.7 Å². The van der Waals surface area contributed by atoms with Crippen molar-refractivity contribution in [3.63, 3.8) is 0 Å². The molecule has 148 valence electrons. The topological polar surface area (TPSA) is 136 Å². The fraction of sp³-hybridized carbons (Fsp3) is 0.250. The first kappa shape index (κ1) is 20.8. The fourth-order valence-corrected chi connectivity index (χ4v) is 2.66. The van der Waals surface area contributed by atoms with Gasteiger partial charge in [-0.15, -0.1) is 0 Å². The second-order valence-corrected chi connectivity index (χ2v) is 6.39. The van der Waals surface area contributed by atoms with Crippen LogP contribution in [0.1, 0.15) is 18.1 Å². The van der Waals surface area contributed by atoms with Gasteiger partial charge in [-0.05, 0) is 35.4 Å². The number of amides is 2. The summed E-state index contributed by atoms with van der Waals surface area (Å²) in [7, 11) is 0. The molecule has 5 N–H and O–H groups in total. The van der Waals surface area contributed by atoms with Crippen molar-refractivity contribution < 1.29 is 29.7 Å². The maximum Gasteiger partial charge on any atom is 0.326 e. The molecule has 0 saturated carbocycles. The molecule has 2 amide bonds. The van der Waals surface area contributed by atoms with Crippen LogP contribution in [0, 0.1) is 0 Å². The van der Waals surface area contributed by atoms with Gasteiger partial charge >= 0.3 is 5.97 Å². The van der Waals surface area contributed by atoms with Crippen LogP contribution in [0.15, 0.2) is 48.5 Å². The van der Waals surface area contributed by atoms with E-state index in [1.807, 2.05) is 0 Å². The predicted molar refractivity (Wildman–Crippen MR) is 101 cm³/mol. The Balaban J connectivity index is 2.11. The molecule has 0 bridgehead atoms. The van der Waals surface area contributed by atoms with E-state index in [0.717, 1.165) is 0 Å². The molecule has 0 unspecified atom stereocenters. The number of aliphatic carboxylic acids is 1. The van der Waals surface area contributed by atoms with Crippen LogP contribution in [0.4, 0.5) is 0 Å². The summed E-state index contributed by atoms with van der Waals surface area (Å²) in [6.45, 7) is 1.27. The number of phenols is 2. The van der Waals surface area contributed by atoms with Crippen molar-refractivity contribution in [1.29, 1.82) is 0 Å². The molecule has 2 aromatic rings. The van der Waals surface area contributed by atoms with E-state index >= 15 is 0 Å². The molecule has 0 saturated heterocycles. The molecule has 0 aliphatic carbocycles. The molecule has 0 radical (unpaired) electrons. The zero-order valence-corrected chi connectivity index (χ0v) is 15.3. The Hall–Kier alpha value is -3.55. The number of rotatable bonds is 8. The number of hydrogen-bond acceptors (Lipinski definition) is 5. The number of carboxylic acid groups (broad SMARTS) is 1. The normalized spacial score (nSPS) is 12.6. The van der Waals surface area contributed by atoms with Crippen LogP contribution in [0.3, 0.4) is 0 Å². The zero-order chi connectivity index (χ0) is 20.7. The molecule has 2 rings (SSSR count). The molecule has 0 spiro atoms. The number of carbonyl (C=O) groups excluding carboxylic acids is 2. The Morgan fingerprint density at radius 3 is 1.61 bits per heavy atom. The quantitative estimate of drug-likeness (QED) is 0.458. The minimum absolute atomic E-state index is 0.0212. The van der Waals surface area contributed by atoms with Crippen LogP contribution in [0.5, 0.6) is 11.5 Å². The number of nitrogens with one attached hydrogen (secondary N) is 2. The summed E-state index contributed by atoms with van der Waals surface area (Å²) < 4.78 is 0. The predicted octanol–water partition coefficient (Wildman–Crippen LogP) is 0.957. The van der Waals surface area contributed by atoms with E-state index in [2.05, 4.69) is 10.6 Å². The van der Waals surface area contributed by atoms with Crippen molar-refractivity contribution >= 4 is 17.8 Å². The van der Waals surface area contributed by atoms with Crippen LogP contribution in [0.2, 0.25) is 0 Å². The minimum Gasteiger partial charge on any atom is -0.508 e. The third kappa shape index (κ3) is 6.31. The number of carboxylic acids is 1. The van der Waals surface area contributed by atoms with Gasteiger partial charge in [-0.25, -0.2) is 4.79 Å². The molecule has 0 heterocycles. The maximum absolute atomic E-state index is 12.6. The SMILES string of the molecule is CC(=O)N[C@H](Cc1ccc(O)cc1)C(=O)N[C@H](Cc1ccc(O)cc1)C(=O)O. The van der Waals surface area contributed by atoms with Gasteiger partial charge in [-0.1, -0.05) is 24.3 Å². The van der Waals surface area contributed by atoms with E-state index in [1.54, 1.807) is 24.3 Å². The number of benzene rings is 2. The second kappa shape index (κ2) is 9.40. The molecule has 28 heavy (non-hydrogen) atoms. The number of phenolic OH excluding ortho intramolecular Hbond substituents is 2. The van der Waals surface area contributed by atoms with Gasteiger partial charge in [-0.3, -0.25) is 9.59 Å². The monoisotopic (exact) mass is 386 g/mol. The lowest BCUT2D eigenvalue weighted by molar-refractivity contribution is -0.142. The Morgan fingerprint density at radius 2 is 1.21 bits per heavy atom.